The van der Waals surface area contributed by atoms with Gasteiger partial charge in [0.05, 0.1) is 12.2 Å². The van der Waals surface area contributed by atoms with Crippen LogP contribution < -0.4 is 4.74 Å². The molecule has 0 saturated heterocycles. The lowest BCUT2D eigenvalue weighted by Gasteiger charge is -2.14. The Morgan fingerprint density at radius 1 is 1.08 bits per heavy atom. The second-order valence-electron chi connectivity index (χ2n) is 5.58. The minimum atomic E-state index is -4.50. The van der Waals surface area contributed by atoms with E-state index < -0.39 is 11.7 Å². The molecule has 2 rings (SSSR count). The van der Waals surface area contributed by atoms with Gasteiger partial charge in [0.25, 0.3) is 0 Å². The molecule has 0 spiro atoms. The molecule has 0 radical (unpaired) electrons. The van der Waals surface area contributed by atoms with Crippen molar-refractivity contribution in [2.24, 2.45) is 0 Å². The van der Waals surface area contributed by atoms with Crippen LogP contribution in [-0.4, -0.2) is 16.7 Å². The molecule has 1 aromatic carbocycles. The average Bonchev–Trinajstić information content (AvgIpc) is 3.07. The summed E-state index contributed by atoms with van der Waals surface area (Å²) in [5.41, 5.74) is -0.584. The Morgan fingerprint density at radius 3 is 2.50 bits per heavy atom. The molecular formula is C17H21F3N2O2. The molecule has 0 fully saturated rings. The average molecular weight is 342 g/mol. The third kappa shape index (κ3) is 5.25. The first-order valence-electron chi connectivity index (χ1n) is 8.13. The SMILES string of the molecule is CCCCCCCCOc1ccc(-c2ncon2)cc1C(F)(F)F. The summed E-state index contributed by atoms with van der Waals surface area (Å²) in [4.78, 5) is 3.76. The number of hydrogen-bond donors (Lipinski definition) is 0. The van der Waals surface area contributed by atoms with Gasteiger partial charge in [0.1, 0.15) is 5.75 Å². The van der Waals surface area contributed by atoms with Crippen LogP contribution in [0.4, 0.5) is 13.2 Å². The molecule has 0 amide bonds. The number of nitrogens with zero attached hydrogens (tertiary/aromatic N) is 2. The highest BCUT2D eigenvalue weighted by atomic mass is 19.4. The van der Waals surface area contributed by atoms with Crippen molar-refractivity contribution in [3.8, 4) is 17.1 Å². The van der Waals surface area contributed by atoms with Crippen LogP contribution in [0.15, 0.2) is 29.1 Å². The van der Waals surface area contributed by atoms with E-state index in [1.165, 1.54) is 18.6 Å². The van der Waals surface area contributed by atoms with Crippen molar-refractivity contribution in [1.82, 2.24) is 10.1 Å². The molecule has 0 aliphatic rings. The molecule has 24 heavy (non-hydrogen) atoms. The quantitative estimate of drug-likeness (QED) is 0.565. The number of aromatic nitrogens is 2. The molecule has 132 valence electrons. The molecule has 0 N–H and O–H groups in total. The summed E-state index contributed by atoms with van der Waals surface area (Å²) < 4.78 is 49.7. The highest BCUT2D eigenvalue weighted by molar-refractivity contribution is 5.58. The zero-order chi connectivity index (χ0) is 17.4. The van der Waals surface area contributed by atoms with Crippen molar-refractivity contribution in [1.29, 1.82) is 0 Å². The minimum absolute atomic E-state index is 0.114. The van der Waals surface area contributed by atoms with Crippen LogP contribution in [0.3, 0.4) is 0 Å². The maximum atomic E-state index is 13.2. The van der Waals surface area contributed by atoms with E-state index in [-0.39, 0.29) is 23.7 Å². The summed E-state index contributed by atoms with van der Waals surface area (Å²) >= 11 is 0. The maximum Gasteiger partial charge on any atom is 0.419 e. The predicted molar refractivity (Wildman–Crippen MR) is 83.6 cm³/mol. The van der Waals surface area contributed by atoms with E-state index in [9.17, 15) is 13.2 Å². The normalized spacial score (nSPS) is 11.7. The number of halogens is 3. The van der Waals surface area contributed by atoms with E-state index in [2.05, 4.69) is 21.6 Å². The fraction of sp³-hybridized carbons (Fsp3) is 0.529. The summed E-state index contributed by atoms with van der Waals surface area (Å²) in [6, 6.07) is 3.80. The van der Waals surface area contributed by atoms with Crippen LogP contribution >= 0.6 is 0 Å². The van der Waals surface area contributed by atoms with Gasteiger partial charge in [-0.2, -0.15) is 18.2 Å². The van der Waals surface area contributed by atoms with Gasteiger partial charge in [0.15, 0.2) is 0 Å². The lowest BCUT2D eigenvalue weighted by molar-refractivity contribution is -0.138. The van der Waals surface area contributed by atoms with Gasteiger partial charge in [-0.15, -0.1) is 0 Å². The lowest BCUT2D eigenvalue weighted by atomic mass is 10.1. The van der Waals surface area contributed by atoms with E-state index >= 15 is 0 Å². The van der Waals surface area contributed by atoms with Crippen molar-refractivity contribution < 1.29 is 22.4 Å². The third-order valence-electron chi connectivity index (χ3n) is 3.66. The first-order valence-corrected chi connectivity index (χ1v) is 8.13. The topological polar surface area (TPSA) is 48.2 Å². The second kappa shape index (κ2) is 8.70. The number of ether oxygens (including phenoxy) is 1. The van der Waals surface area contributed by atoms with Crippen molar-refractivity contribution in [3.63, 3.8) is 0 Å². The maximum absolute atomic E-state index is 13.2. The molecular weight excluding hydrogens is 321 g/mol. The predicted octanol–water partition coefficient (Wildman–Crippen LogP) is 5.49. The van der Waals surface area contributed by atoms with Gasteiger partial charge in [-0.3, -0.25) is 0 Å². The van der Waals surface area contributed by atoms with Gasteiger partial charge in [0.2, 0.25) is 12.2 Å². The van der Waals surface area contributed by atoms with Gasteiger partial charge in [-0.25, -0.2) is 0 Å². The van der Waals surface area contributed by atoms with Crippen LogP contribution in [0.25, 0.3) is 11.4 Å². The van der Waals surface area contributed by atoms with Crippen LogP contribution in [0.2, 0.25) is 0 Å². The first kappa shape index (κ1) is 18.3. The standard InChI is InChI=1S/C17H21F3N2O2/c1-2-3-4-5-6-7-10-23-15-9-8-13(16-21-12-24-22-16)11-14(15)17(18,19)20/h8-9,11-12H,2-7,10H2,1H3. The molecule has 1 aromatic heterocycles. The molecule has 0 atom stereocenters. The van der Waals surface area contributed by atoms with Crippen molar-refractivity contribution in [2.45, 2.75) is 51.6 Å². The molecule has 7 heteroatoms. The molecule has 2 aromatic rings. The Hall–Kier alpha value is -2.05. The number of rotatable bonds is 9. The molecule has 1 heterocycles. The first-order chi connectivity index (χ1) is 11.5. The zero-order valence-electron chi connectivity index (χ0n) is 13.6. The van der Waals surface area contributed by atoms with Gasteiger partial charge in [0, 0.05) is 5.56 Å². The molecule has 4 nitrogen and oxygen atoms in total. The Bertz CT molecular complexity index is 613. The largest absolute Gasteiger partial charge is 0.493 e. The van der Waals surface area contributed by atoms with Gasteiger partial charge >= 0.3 is 6.18 Å². The van der Waals surface area contributed by atoms with Crippen molar-refractivity contribution in [3.05, 3.63) is 30.2 Å². The summed E-state index contributed by atoms with van der Waals surface area (Å²) in [5.74, 6) is -0.0497. The summed E-state index contributed by atoms with van der Waals surface area (Å²) in [5, 5.41) is 3.56. The van der Waals surface area contributed by atoms with Gasteiger partial charge in [-0.1, -0.05) is 44.2 Å². The highest BCUT2D eigenvalue weighted by Gasteiger charge is 2.35. The Balaban J connectivity index is 1.99. The monoisotopic (exact) mass is 342 g/mol. The molecule has 0 unspecified atom stereocenters. The second-order valence-corrected chi connectivity index (χ2v) is 5.58. The van der Waals surface area contributed by atoms with Crippen LogP contribution in [-0.2, 0) is 6.18 Å². The summed E-state index contributed by atoms with van der Waals surface area (Å²) in [6.45, 7) is 2.41. The van der Waals surface area contributed by atoms with Gasteiger partial charge in [-0.05, 0) is 24.6 Å². The Kier molecular flexibility index (Phi) is 6.63. The lowest BCUT2D eigenvalue weighted by Crippen LogP contribution is -2.10. The molecule has 0 aliphatic heterocycles. The van der Waals surface area contributed by atoms with Crippen LogP contribution in [0.5, 0.6) is 5.75 Å². The zero-order valence-corrected chi connectivity index (χ0v) is 13.6. The number of benzene rings is 1. The fourth-order valence-electron chi connectivity index (χ4n) is 2.38. The van der Waals surface area contributed by atoms with E-state index in [1.807, 2.05) is 0 Å². The number of unbranched alkanes of at least 4 members (excludes halogenated alkanes) is 5. The van der Waals surface area contributed by atoms with Crippen LogP contribution in [0.1, 0.15) is 51.0 Å². The third-order valence-corrected chi connectivity index (χ3v) is 3.66. The smallest absolute Gasteiger partial charge is 0.419 e. The number of alkyl halides is 3. The molecule has 0 saturated carbocycles. The highest BCUT2D eigenvalue weighted by Crippen LogP contribution is 2.38. The van der Waals surface area contributed by atoms with E-state index in [0.717, 1.165) is 44.6 Å². The van der Waals surface area contributed by atoms with E-state index in [1.54, 1.807) is 0 Å². The van der Waals surface area contributed by atoms with E-state index in [0.29, 0.717) is 0 Å². The summed E-state index contributed by atoms with van der Waals surface area (Å²) in [7, 11) is 0. The summed E-state index contributed by atoms with van der Waals surface area (Å²) in [6.07, 6.45) is 2.87. The Morgan fingerprint density at radius 2 is 1.83 bits per heavy atom. The number of hydrogen-bond acceptors (Lipinski definition) is 4. The minimum Gasteiger partial charge on any atom is -0.493 e. The van der Waals surface area contributed by atoms with Crippen molar-refractivity contribution >= 4 is 0 Å². The van der Waals surface area contributed by atoms with Crippen LogP contribution in [0, 0.1) is 0 Å². The molecule has 0 aliphatic carbocycles. The van der Waals surface area contributed by atoms with Crippen molar-refractivity contribution in [2.75, 3.05) is 6.61 Å². The molecule has 0 bridgehead atoms. The fourth-order valence-corrected chi connectivity index (χ4v) is 2.38. The van der Waals surface area contributed by atoms with E-state index in [4.69, 9.17) is 4.74 Å². The van der Waals surface area contributed by atoms with Gasteiger partial charge < -0.3 is 9.26 Å². The Labute approximate surface area is 139 Å².